The first-order valence-electron chi connectivity index (χ1n) is 6.85. The van der Waals surface area contributed by atoms with Gasteiger partial charge in [-0.1, -0.05) is 12.1 Å². The molecule has 1 fully saturated rings. The highest BCUT2D eigenvalue weighted by atomic mass is 16.5. The van der Waals surface area contributed by atoms with Crippen LogP contribution >= 0.6 is 0 Å². The fourth-order valence-electron chi connectivity index (χ4n) is 2.45. The van der Waals surface area contributed by atoms with Crippen LogP contribution in [0.2, 0.25) is 0 Å². The number of benzene rings is 1. The van der Waals surface area contributed by atoms with Gasteiger partial charge in [0.05, 0.1) is 6.10 Å². The van der Waals surface area contributed by atoms with Crippen LogP contribution in [-0.4, -0.2) is 30.6 Å². The fourth-order valence-corrected chi connectivity index (χ4v) is 2.45. The van der Waals surface area contributed by atoms with Crippen LogP contribution in [0, 0.1) is 5.92 Å². The summed E-state index contributed by atoms with van der Waals surface area (Å²) in [6.45, 7) is 8.25. The molecule has 3 nitrogen and oxygen atoms in total. The Morgan fingerprint density at radius 3 is 2.61 bits per heavy atom. The average molecular weight is 248 g/mol. The molecule has 2 rings (SSSR count). The summed E-state index contributed by atoms with van der Waals surface area (Å²) in [6, 6.07) is 8.44. The Labute approximate surface area is 110 Å². The van der Waals surface area contributed by atoms with Crippen molar-refractivity contribution in [2.75, 3.05) is 19.6 Å². The summed E-state index contributed by atoms with van der Waals surface area (Å²) >= 11 is 0. The van der Waals surface area contributed by atoms with E-state index in [9.17, 15) is 0 Å². The first-order valence-corrected chi connectivity index (χ1v) is 6.85. The van der Waals surface area contributed by atoms with Crippen molar-refractivity contribution in [3.8, 4) is 5.75 Å². The van der Waals surface area contributed by atoms with E-state index in [0.29, 0.717) is 5.92 Å². The summed E-state index contributed by atoms with van der Waals surface area (Å²) in [4.78, 5) is 2.48. The largest absolute Gasteiger partial charge is 0.491 e. The molecule has 0 amide bonds. The minimum absolute atomic E-state index is 0.236. The van der Waals surface area contributed by atoms with Crippen molar-refractivity contribution < 1.29 is 4.74 Å². The summed E-state index contributed by atoms with van der Waals surface area (Å²) in [7, 11) is 0. The molecule has 0 saturated carbocycles. The summed E-state index contributed by atoms with van der Waals surface area (Å²) in [6.07, 6.45) is 1.48. The molecule has 1 aliphatic heterocycles. The molecule has 1 aliphatic rings. The van der Waals surface area contributed by atoms with Crippen molar-refractivity contribution in [2.24, 2.45) is 11.7 Å². The van der Waals surface area contributed by atoms with E-state index in [4.69, 9.17) is 10.5 Å². The molecule has 3 heteroatoms. The number of hydrogen-bond donors (Lipinski definition) is 1. The minimum atomic E-state index is 0.236. The van der Waals surface area contributed by atoms with Crippen LogP contribution in [0.15, 0.2) is 24.3 Å². The quantitative estimate of drug-likeness (QED) is 0.868. The molecule has 1 atom stereocenters. The minimum Gasteiger partial charge on any atom is -0.491 e. The number of nitrogens with two attached hydrogens (primary N) is 1. The molecule has 0 aliphatic carbocycles. The zero-order chi connectivity index (χ0) is 13.0. The lowest BCUT2D eigenvalue weighted by Gasteiger charge is -2.16. The van der Waals surface area contributed by atoms with Gasteiger partial charge in [0.2, 0.25) is 0 Å². The molecule has 0 spiro atoms. The molecule has 1 saturated heterocycles. The Kier molecular flexibility index (Phi) is 4.61. The molecule has 1 heterocycles. The number of ether oxygens (including phenoxy) is 1. The van der Waals surface area contributed by atoms with Gasteiger partial charge in [-0.15, -0.1) is 0 Å². The van der Waals surface area contributed by atoms with Crippen molar-refractivity contribution in [3.63, 3.8) is 0 Å². The van der Waals surface area contributed by atoms with Gasteiger partial charge in [0.25, 0.3) is 0 Å². The third-order valence-corrected chi connectivity index (χ3v) is 3.40. The van der Waals surface area contributed by atoms with Crippen LogP contribution in [0.1, 0.15) is 25.8 Å². The summed E-state index contributed by atoms with van der Waals surface area (Å²) in [5, 5.41) is 0. The van der Waals surface area contributed by atoms with Crippen LogP contribution in [0.4, 0.5) is 0 Å². The molecular weight excluding hydrogens is 224 g/mol. The van der Waals surface area contributed by atoms with E-state index in [2.05, 4.69) is 29.2 Å². The maximum atomic E-state index is 5.71. The third kappa shape index (κ3) is 3.72. The zero-order valence-electron chi connectivity index (χ0n) is 11.4. The Balaban J connectivity index is 1.87. The van der Waals surface area contributed by atoms with E-state index in [1.165, 1.54) is 18.5 Å². The number of likely N-dealkylation sites (tertiary alicyclic amines) is 1. The van der Waals surface area contributed by atoms with Crippen molar-refractivity contribution in [2.45, 2.75) is 32.9 Å². The van der Waals surface area contributed by atoms with Gasteiger partial charge in [-0.05, 0) is 57.0 Å². The Morgan fingerprint density at radius 1 is 1.33 bits per heavy atom. The summed E-state index contributed by atoms with van der Waals surface area (Å²) in [5.41, 5.74) is 7.06. The predicted molar refractivity (Wildman–Crippen MR) is 74.6 cm³/mol. The van der Waals surface area contributed by atoms with E-state index in [-0.39, 0.29) is 6.10 Å². The zero-order valence-corrected chi connectivity index (χ0v) is 11.4. The standard InChI is InChI=1S/C15H24N2O/c1-12(2)18-15-5-3-13(4-6-15)10-17-8-7-14(9-16)11-17/h3-6,12,14H,7-11,16H2,1-2H3. The average Bonchev–Trinajstić information content (AvgIpc) is 2.79. The molecule has 1 aromatic rings. The van der Waals surface area contributed by atoms with Crippen LogP contribution in [0.5, 0.6) is 5.75 Å². The van der Waals surface area contributed by atoms with E-state index in [1.54, 1.807) is 0 Å². The molecule has 0 aromatic heterocycles. The van der Waals surface area contributed by atoms with Gasteiger partial charge < -0.3 is 10.5 Å². The van der Waals surface area contributed by atoms with Crippen LogP contribution < -0.4 is 10.5 Å². The van der Waals surface area contributed by atoms with Crippen molar-refractivity contribution in [3.05, 3.63) is 29.8 Å². The van der Waals surface area contributed by atoms with Gasteiger partial charge in [0.1, 0.15) is 5.75 Å². The summed E-state index contributed by atoms with van der Waals surface area (Å²) < 4.78 is 5.64. The Morgan fingerprint density at radius 2 is 2.06 bits per heavy atom. The topological polar surface area (TPSA) is 38.5 Å². The predicted octanol–water partition coefficient (Wildman–Crippen LogP) is 2.25. The normalized spacial score (nSPS) is 20.6. The van der Waals surface area contributed by atoms with Gasteiger partial charge in [-0.3, -0.25) is 4.90 Å². The fraction of sp³-hybridized carbons (Fsp3) is 0.600. The monoisotopic (exact) mass is 248 g/mol. The van der Waals surface area contributed by atoms with Gasteiger partial charge in [-0.25, -0.2) is 0 Å². The van der Waals surface area contributed by atoms with Crippen molar-refractivity contribution >= 4 is 0 Å². The number of rotatable bonds is 5. The molecule has 2 N–H and O–H groups in total. The highest BCUT2D eigenvalue weighted by Crippen LogP contribution is 2.19. The highest BCUT2D eigenvalue weighted by Gasteiger charge is 2.20. The maximum Gasteiger partial charge on any atom is 0.119 e. The van der Waals surface area contributed by atoms with Crippen molar-refractivity contribution in [1.29, 1.82) is 0 Å². The molecule has 18 heavy (non-hydrogen) atoms. The lowest BCUT2D eigenvalue weighted by atomic mass is 10.1. The smallest absolute Gasteiger partial charge is 0.119 e. The van der Waals surface area contributed by atoms with Gasteiger partial charge in [0.15, 0.2) is 0 Å². The lowest BCUT2D eigenvalue weighted by molar-refractivity contribution is 0.242. The molecule has 0 radical (unpaired) electrons. The van der Waals surface area contributed by atoms with E-state index in [0.717, 1.165) is 25.4 Å². The Hall–Kier alpha value is -1.06. The number of hydrogen-bond acceptors (Lipinski definition) is 3. The van der Waals surface area contributed by atoms with E-state index in [1.807, 2.05) is 13.8 Å². The van der Waals surface area contributed by atoms with Crippen LogP contribution in [-0.2, 0) is 6.54 Å². The molecule has 0 bridgehead atoms. The second-order valence-electron chi connectivity index (χ2n) is 5.44. The third-order valence-electron chi connectivity index (χ3n) is 3.40. The van der Waals surface area contributed by atoms with Crippen molar-refractivity contribution in [1.82, 2.24) is 4.90 Å². The highest BCUT2D eigenvalue weighted by molar-refractivity contribution is 5.27. The lowest BCUT2D eigenvalue weighted by Crippen LogP contribution is -2.22. The second kappa shape index (κ2) is 6.21. The van der Waals surface area contributed by atoms with Crippen LogP contribution in [0.3, 0.4) is 0 Å². The first-order chi connectivity index (χ1) is 8.67. The van der Waals surface area contributed by atoms with Gasteiger partial charge in [0, 0.05) is 13.1 Å². The second-order valence-corrected chi connectivity index (χ2v) is 5.44. The van der Waals surface area contributed by atoms with Crippen LogP contribution in [0.25, 0.3) is 0 Å². The Bertz CT molecular complexity index is 361. The SMILES string of the molecule is CC(C)Oc1ccc(CN2CCC(CN)C2)cc1. The molecular formula is C15H24N2O. The van der Waals surface area contributed by atoms with Gasteiger partial charge >= 0.3 is 0 Å². The molecule has 1 aromatic carbocycles. The molecule has 100 valence electrons. The van der Waals surface area contributed by atoms with E-state index >= 15 is 0 Å². The van der Waals surface area contributed by atoms with E-state index < -0.39 is 0 Å². The first kappa shape index (κ1) is 13.4. The van der Waals surface area contributed by atoms with Gasteiger partial charge in [-0.2, -0.15) is 0 Å². The summed E-state index contributed by atoms with van der Waals surface area (Å²) in [5.74, 6) is 1.64. The number of nitrogens with zero attached hydrogens (tertiary/aromatic N) is 1. The maximum absolute atomic E-state index is 5.71. The molecule has 1 unspecified atom stereocenters.